The first-order valence-corrected chi connectivity index (χ1v) is 6.35. The summed E-state index contributed by atoms with van der Waals surface area (Å²) >= 11 is 0. The van der Waals surface area contributed by atoms with Gasteiger partial charge in [0, 0.05) is 6.54 Å². The summed E-state index contributed by atoms with van der Waals surface area (Å²) in [7, 11) is 1.38. The van der Waals surface area contributed by atoms with Crippen molar-refractivity contribution in [1.82, 2.24) is 5.32 Å². The van der Waals surface area contributed by atoms with Crippen molar-refractivity contribution in [3.05, 3.63) is 0 Å². The average molecular weight is 243 g/mol. The molecule has 0 spiro atoms. The van der Waals surface area contributed by atoms with Crippen molar-refractivity contribution in [3.8, 4) is 0 Å². The molecule has 0 heterocycles. The minimum Gasteiger partial charge on any atom is -0.468 e. The summed E-state index contributed by atoms with van der Waals surface area (Å²) < 4.78 is 4.72. The quantitative estimate of drug-likeness (QED) is 0.734. The van der Waals surface area contributed by atoms with Crippen LogP contribution in [-0.4, -0.2) is 35.9 Å². The van der Waals surface area contributed by atoms with E-state index in [2.05, 4.69) is 12.2 Å². The highest BCUT2D eigenvalue weighted by Crippen LogP contribution is 2.31. The molecule has 0 saturated heterocycles. The molecule has 0 amide bonds. The van der Waals surface area contributed by atoms with Crippen LogP contribution >= 0.6 is 0 Å². The minimum absolute atomic E-state index is 0.301. The summed E-state index contributed by atoms with van der Waals surface area (Å²) in [6.45, 7) is 6.20. The lowest BCUT2D eigenvalue weighted by Crippen LogP contribution is -2.54. The summed E-state index contributed by atoms with van der Waals surface area (Å²) in [5.41, 5.74) is -1.41. The highest BCUT2D eigenvalue weighted by atomic mass is 16.5. The van der Waals surface area contributed by atoms with E-state index in [9.17, 15) is 9.90 Å². The largest absolute Gasteiger partial charge is 0.468 e. The maximum atomic E-state index is 11.5. The molecular weight excluding hydrogens is 218 g/mol. The van der Waals surface area contributed by atoms with Gasteiger partial charge in [-0.2, -0.15) is 0 Å². The van der Waals surface area contributed by atoms with Crippen LogP contribution < -0.4 is 5.32 Å². The zero-order valence-electron chi connectivity index (χ0n) is 11.4. The number of hydrogen-bond acceptors (Lipinski definition) is 4. The number of nitrogens with one attached hydrogen (secondary N) is 1. The zero-order chi connectivity index (χ0) is 13.1. The predicted octanol–water partition coefficient (Wildman–Crippen LogP) is 1.47. The van der Waals surface area contributed by atoms with Gasteiger partial charge in [0.1, 0.15) is 5.54 Å². The first-order valence-electron chi connectivity index (χ1n) is 6.35. The van der Waals surface area contributed by atoms with Crippen molar-refractivity contribution >= 4 is 5.97 Å². The molecule has 0 atom stereocenters. The van der Waals surface area contributed by atoms with Gasteiger partial charge in [0.05, 0.1) is 12.7 Å². The Balaban J connectivity index is 2.47. The molecule has 0 aliphatic heterocycles. The molecule has 0 unspecified atom stereocenters. The number of ether oxygens (including phenoxy) is 1. The average Bonchev–Trinajstić information content (AvgIpc) is 2.30. The van der Waals surface area contributed by atoms with Gasteiger partial charge in [-0.3, -0.25) is 10.1 Å². The van der Waals surface area contributed by atoms with Crippen LogP contribution in [-0.2, 0) is 9.53 Å². The molecule has 0 aromatic heterocycles. The first-order chi connectivity index (χ1) is 7.79. The van der Waals surface area contributed by atoms with E-state index in [4.69, 9.17) is 4.74 Å². The third-order valence-corrected chi connectivity index (χ3v) is 3.76. The lowest BCUT2D eigenvalue weighted by Gasteiger charge is -2.37. The molecule has 4 heteroatoms. The van der Waals surface area contributed by atoms with Crippen molar-refractivity contribution < 1.29 is 14.6 Å². The Bertz CT molecular complexity index is 268. The number of esters is 1. The molecule has 4 nitrogen and oxygen atoms in total. The number of carbonyl (C=O) groups excluding carboxylic acids is 1. The number of methoxy groups -OCH3 is 1. The highest BCUT2D eigenvalue weighted by molar-refractivity contribution is 5.79. The maximum Gasteiger partial charge on any atom is 0.325 e. The van der Waals surface area contributed by atoms with Gasteiger partial charge in [-0.15, -0.1) is 0 Å². The maximum absolute atomic E-state index is 11.5. The standard InChI is InChI=1S/C13H25NO3/c1-10-5-7-13(16,8-6-10)9-14-12(2,3)11(15)17-4/h10,14,16H,5-9H2,1-4H3. The van der Waals surface area contributed by atoms with Crippen LogP contribution in [0.15, 0.2) is 0 Å². The van der Waals surface area contributed by atoms with Crippen LogP contribution in [0.5, 0.6) is 0 Å². The van der Waals surface area contributed by atoms with E-state index in [0.29, 0.717) is 12.5 Å². The Morgan fingerprint density at radius 3 is 2.47 bits per heavy atom. The summed E-state index contributed by atoms with van der Waals surface area (Å²) in [6, 6.07) is 0. The number of carbonyl (C=O) groups is 1. The van der Waals surface area contributed by atoms with Crippen LogP contribution in [0.25, 0.3) is 0 Å². The molecule has 0 radical (unpaired) electrons. The van der Waals surface area contributed by atoms with Crippen LogP contribution in [0.4, 0.5) is 0 Å². The molecule has 1 fully saturated rings. The molecule has 2 N–H and O–H groups in total. The van der Waals surface area contributed by atoms with Gasteiger partial charge in [0.25, 0.3) is 0 Å². The second-order valence-electron chi connectivity index (χ2n) is 5.88. The van der Waals surface area contributed by atoms with Crippen LogP contribution in [0.2, 0.25) is 0 Å². The summed E-state index contributed by atoms with van der Waals surface area (Å²) in [5, 5.41) is 13.5. The lowest BCUT2D eigenvalue weighted by molar-refractivity contribution is -0.147. The summed E-state index contributed by atoms with van der Waals surface area (Å²) in [5.74, 6) is 0.397. The topological polar surface area (TPSA) is 58.6 Å². The lowest BCUT2D eigenvalue weighted by atomic mass is 9.79. The van der Waals surface area contributed by atoms with E-state index in [1.54, 1.807) is 13.8 Å². The fraction of sp³-hybridized carbons (Fsp3) is 0.923. The molecular formula is C13H25NO3. The Labute approximate surface area is 104 Å². The second-order valence-corrected chi connectivity index (χ2v) is 5.88. The summed E-state index contributed by atoms with van der Waals surface area (Å²) in [4.78, 5) is 11.5. The molecule has 1 aliphatic carbocycles. The molecule has 1 aliphatic rings. The summed E-state index contributed by atoms with van der Waals surface area (Å²) in [6.07, 6.45) is 3.71. The molecule has 0 aromatic rings. The predicted molar refractivity (Wildman–Crippen MR) is 66.7 cm³/mol. The third-order valence-electron chi connectivity index (χ3n) is 3.76. The second kappa shape index (κ2) is 5.36. The Morgan fingerprint density at radius 2 is 2.00 bits per heavy atom. The van der Waals surface area contributed by atoms with Gasteiger partial charge in [-0.1, -0.05) is 6.92 Å². The molecule has 0 aromatic carbocycles. The normalized spacial score (nSPS) is 30.1. The smallest absolute Gasteiger partial charge is 0.325 e. The van der Waals surface area contributed by atoms with E-state index in [1.807, 2.05) is 0 Å². The first kappa shape index (κ1) is 14.5. The molecule has 17 heavy (non-hydrogen) atoms. The van der Waals surface area contributed by atoms with Crippen molar-refractivity contribution in [3.63, 3.8) is 0 Å². The van der Waals surface area contributed by atoms with Gasteiger partial charge in [-0.05, 0) is 45.4 Å². The van der Waals surface area contributed by atoms with Gasteiger partial charge in [-0.25, -0.2) is 0 Å². The molecule has 0 bridgehead atoms. The van der Waals surface area contributed by atoms with Crippen molar-refractivity contribution in [2.75, 3.05) is 13.7 Å². The Kier molecular flexibility index (Phi) is 4.55. The third kappa shape index (κ3) is 3.96. The molecule has 1 saturated carbocycles. The molecule has 1 rings (SSSR count). The Morgan fingerprint density at radius 1 is 1.47 bits per heavy atom. The SMILES string of the molecule is COC(=O)C(C)(C)NCC1(O)CCC(C)CC1. The number of rotatable bonds is 4. The van der Waals surface area contributed by atoms with Gasteiger partial charge in [0.15, 0.2) is 0 Å². The fourth-order valence-electron chi connectivity index (χ4n) is 2.19. The highest BCUT2D eigenvalue weighted by Gasteiger charge is 2.35. The monoisotopic (exact) mass is 243 g/mol. The van der Waals surface area contributed by atoms with Crippen molar-refractivity contribution in [2.24, 2.45) is 5.92 Å². The van der Waals surface area contributed by atoms with Gasteiger partial charge < -0.3 is 9.84 Å². The fourth-order valence-corrected chi connectivity index (χ4v) is 2.19. The van der Waals surface area contributed by atoms with E-state index in [0.717, 1.165) is 25.7 Å². The van der Waals surface area contributed by atoms with Gasteiger partial charge >= 0.3 is 5.97 Å². The van der Waals surface area contributed by atoms with E-state index < -0.39 is 11.1 Å². The van der Waals surface area contributed by atoms with Crippen LogP contribution in [0.3, 0.4) is 0 Å². The number of hydrogen-bond donors (Lipinski definition) is 2. The Hall–Kier alpha value is -0.610. The van der Waals surface area contributed by atoms with E-state index in [1.165, 1.54) is 7.11 Å². The van der Waals surface area contributed by atoms with E-state index >= 15 is 0 Å². The molecule has 100 valence electrons. The van der Waals surface area contributed by atoms with Crippen molar-refractivity contribution in [2.45, 2.75) is 57.6 Å². The number of aliphatic hydroxyl groups is 1. The van der Waals surface area contributed by atoms with Crippen LogP contribution in [0, 0.1) is 5.92 Å². The number of β-amino-alcohol motifs (C(OH)–C–C–N with tert-alkyl or cyclic N) is 1. The van der Waals surface area contributed by atoms with E-state index in [-0.39, 0.29) is 5.97 Å². The van der Waals surface area contributed by atoms with Crippen molar-refractivity contribution in [1.29, 1.82) is 0 Å². The van der Waals surface area contributed by atoms with Crippen LogP contribution in [0.1, 0.15) is 46.5 Å². The minimum atomic E-state index is -0.743. The zero-order valence-corrected chi connectivity index (χ0v) is 11.4. The van der Waals surface area contributed by atoms with Gasteiger partial charge in [0.2, 0.25) is 0 Å².